The number of rotatable bonds is 7. The van der Waals surface area contributed by atoms with Gasteiger partial charge < -0.3 is 5.32 Å². The number of nitro groups is 1. The summed E-state index contributed by atoms with van der Waals surface area (Å²) in [5, 5.41) is 13.4. The summed E-state index contributed by atoms with van der Waals surface area (Å²) in [6.45, 7) is 0.231. The van der Waals surface area contributed by atoms with E-state index in [1.165, 1.54) is 0 Å². The van der Waals surface area contributed by atoms with Gasteiger partial charge in [-0.15, -0.1) is 0 Å². The number of hydrogen-bond acceptors (Lipinski definition) is 9. The van der Waals surface area contributed by atoms with E-state index in [1.807, 2.05) is 0 Å². The maximum atomic E-state index is 10.9. The molecular weight excluding hydrogens is 276 g/mol. The van der Waals surface area contributed by atoms with Crippen LogP contribution in [0.25, 0.3) is 0 Å². The number of nitrogens with zero attached hydrogens (tertiary/aromatic N) is 3. The number of nitrogens with one attached hydrogen (secondary N) is 2. The number of anilines is 2. The maximum absolute atomic E-state index is 10.9. The van der Waals surface area contributed by atoms with Gasteiger partial charge in [-0.05, 0) is 6.42 Å². The second-order valence-corrected chi connectivity index (χ2v) is 6.00. The quantitative estimate of drug-likeness (QED) is 0.261. The van der Waals surface area contributed by atoms with Crippen LogP contribution in [0.5, 0.6) is 0 Å². The Bertz CT molecular complexity index is 560. The molecule has 0 aliphatic heterocycles. The van der Waals surface area contributed by atoms with Crippen molar-refractivity contribution in [2.24, 2.45) is 5.84 Å². The van der Waals surface area contributed by atoms with Gasteiger partial charge in [0.1, 0.15) is 16.0 Å². The zero-order valence-corrected chi connectivity index (χ0v) is 11.0. The van der Waals surface area contributed by atoms with Crippen LogP contribution in [-0.2, 0) is 9.84 Å². The molecule has 0 spiro atoms. The van der Waals surface area contributed by atoms with Crippen LogP contribution in [0.2, 0.25) is 0 Å². The van der Waals surface area contributed by atoms with Crippen LogP contribution >= 0.6 is 0 Å². The first kappa shape index (κ1) is 15.0. The van der Waals surface area contributed by atoms with Gasteiger partial charge in [-0.1, -0.05) is 0 Å². The van der Waals surface area contributed by atoms with E-state index in [2.05, 4.69) is 20.7 Å². The molecule has 0 aliphatic carbocycles. The molecule has 11 heteroatoms. The van der Waals surface area contributed by atoms with Gasteiger partial charge in [0.25, 0.3) is 0 Å². The molecule has 0 aliphatic rings. The zero-order valence-electron chi connectivity index (χ0n) is 10.2. The highest BCUT2D eigenvalue weighted by Gasteiger charge is 2.16. The van der Waals surface area contributed by atoms with Crippen molar-refractivity contribution in [2.45, 2.75) is 6.42 Å². The molecule has 106 valence electrons. The second kappa shape index (κ2) is 6.24. The Balaban J connectivity index is 2.72. The first-order valence-electron chi connectivity index (χ1n) is 5.23. The van der Waals surface area contributed by atoms with Crippen molar-refractivity contribution in [3.8, 4) is 0 Å². The highest BCUT2D eigenvalue weighted by molar-refractivity contribution is 7.90. The average molecular weight is 290 g/mol. The van der Waals surface area contributed by atoms with Gasteiger partial charge in [0.2, 0.25) is 11.8 Å². The molecule has 4 N–H and O–H groups in total. The smallest absolute Gasteiger partial charge is 0.329 e. The molecule has 10 nitrogen and oxygen atoms in total. The number of hydrazine groups is 1. The average Bonchev–Trinajstić information content (AvgIpc) is 2.33. The van der Waals surface area contributed by atoms with Crippen molar-refractivity contribution < 1.29 is 13.3 Å². The topological polar surface area (TPSA) is 153 Å². The Kier molecular flexibility index (Phi) is 4.94. The standard InChI is InChI=1S/C8H14N6O4S/c1-19(17,18)4-2-3-10-7-6(14(15)16)5-11-8(12-7)13-9/h5H,2-4,9H2,1H3,(H2,10,11,12,13). The first-order chi connectivity index (χ1) is 8.83. The summed E-state index contributed by atoms with van der Waals surface area (Å²) in [6, 6.07) is 0. The molecule has 0 atom stereocenters. The van der Waals surface area contributed by atoms with Crippen molar-refractivity contribution in [2.75, 3.05) is 29.3 Å². The minimum atomic E-state index is -3.06. The molecule has 1 rings (SSSR count). The van der Waals surface area contributed by atoms with Crippen LogP contribution in [0, 0.1) is 10.1 Å². The summed E-state index contributed by atoms with van der Waals surface area (Å²) in [5.74, 6) is 5.10. The largest absolute Gasteiger partial charge is 0.364 e. The minimum Gasteiger partial charge on any atom is -0.364 e. The van der Waals surface area contributed by atoms with Crippen molar-refractivity contribution in [3.63, 3.8) is 0 Å². The molecule has 1 aromatic rings. The Morgan fingerprint density at radius 3 is 2.74 bits per heavy atom. The highest BCUT2D eigenvalue weighted by atomic mass is 32.2. The lowest BCUT2D eigenvalue weighted by molar-refractivity contribution is -0.384. The van der Waals surface area contributed by atoms with Gasteiger partial charge in [0, 0.05) is 12.8 Å². The van der Waals surface area contributed by atoms with Gasteiger partial charge in [-0.3, -0.25) is 15.5 Å². The molecule has 0 saturated heterocycles. The summed E-state index contributed by atoms with van der Waals surface area (Å²) in [7, 11) is -3.06. The fraction of sp³-hybridized carbons (Fsp3) is 0.500. The molecular formula is C8H14N6O4S. The van der Waals surface area contributed by atoms with Crippen LogP contribution in [0.4, 0.5) is 17.5 Å². The summed E-state index contributed by atoms with van der Waals surface area (Å²) < 4.78 is 21.9. The zero-order chi connectivity index (χ0) is 14.5. The molecule has 19 heavy (non-hydrogen) atoms. The molecule has 1 aromatic heterocycles. The first-order valence-corrected chi connectivity index (χ1v) is 7.29. The monoisotopic (exact) mass is 290 g/mol. The van der Waals surface area contributed by atoms with E-state index in [1.54, 1.807) is 0 Å². The lowest BCUT2D eigenvalue weighted by Crippen LogP contribution is -2.15. The van der Waals surface area contributed by atoms with E-state index < -0.39 is 14.8 Å². The van der Waals surface area contributed by atoms with Gasteiger partial charge >= 0.3 is 5.69 Å². The molecule has 0 unspecified atom stereocenters. The van der Waals surface area contributed by atoms with E-state index in [4.69, 9.17) is 5.84 Å². The molecule has 0 aromatic carbocycles. The Morgan fingerprint density at radius 1 is 1.53 bits per heavy atom. The van der Waals surface area contributed by atoms with Crippen molar-refractivity contribution >= 4 is 27.3 Å². The van der Waals surface area contributed by atoms with Gasteiger partial charge in [0.15, 0.2) is 0 Å². The predicted octanol–water partition coefficient (Wildman–Crippen LogP) is -0.483. The fourth-order valence-electron chi connectivity index (χ4n) is 1.25. The lowest BCUT2D eigenvalue weighted by Gasteiger charge is -2.06. The fourth-order valence-corrected chi connectivity index (χ4v) is 1.92. The number of sulfone groups is 1. The number of hydrogen-bond donors (Lipinski definition) is 3. The molecule has 0 fully saturated rings. The van der Waals surface area contributed by atoms with Gasteiger partial charge in [-0.25, -0.2) is 19.2 Å². The third-order valence-electron chi connectivity index (χ3n) is 2.08. The molecule has 0 bridgehead atoms. The van der Waals surface area contributed by atoms with Crippen LogP contribution in [0.15, 0.2) is 6.20 Å². The van der Waals surface area contributed by atoms with E-state index in [0.717, 1.165) is 12.5 Å². The van der Waals surface area contributed by atoms with Gasteiger partial charge in [0.05, 0.1) is 10.7 Å². The normalized spacial score (nSPS) is 11.1. The van der Waals surface area contributed by atoms with Crippen molar-refractivity contribution in [3.05, 3.63) is 16.3 Å². The minimum absolute atomic E-state index is 0.0125. The molecule has 1 heterocycles. The van der Waals surface area contributed by atoms with Crippen LogP contribution in [0.1, 0.15) is 6.42 Å². The van der Waals surface area contributed by atoms with Crippen LogP contribution in [0.3, 0.4) is 0 Å². The van der Waals surface area contributed by atoms with E-state index in [9.17, 15) is 18.5 Å². The van der Waals surface area contributed by atoms with Crippen molar-refractivity contribution in [1.29, 1.82) is 0 Å². The van der Waals surface area contributed by atoms with Crippen molar-refractivity contribution in [1.82, 2.24) is 9.97 Å². The number of aromatic nitrogens is 2. The molecule has 0 saturated carbocycles. The van der Waals surface area contributed by atoms with Crippen LogP contribution < -0.4 is 16.6 Å². The second-order valence-electron chi connectivity index (χ2n) is 3.74. The summed E-state index contributed by atoms with van der Waals surface area (Å²) in [5.41, 5.74) is 1.86. The predicted molar refractivity (Wildman–Crippen MR) is 69.3 cm³/mol. The highest BCUT2D eigenvalue weighted by Crippen LogP contribution is 2.21. The van der Waals surface area contributed by atoms with E-state index in [0.29, 0.717) is 6.42 Å². The SMILES string of the molecule is CS(=O)(=O)CCCNc1nc(NN)ncc1[N+](=O)[O-]. The third kappa shape index (κ3) is 5.01. The summed E-state index contributed by atoms with van der Waals surface area (Å²) >= 11 is 0. The molecule has 0 amide bonds. The van der Waals surface area contributed by atoms with Gasteiger partial charge in [-0.2, -0.15) is 4.98 Å². The van der Waals surface area contributed by atoms with E-state index in [-0.39, 0.29) is 29.8 Å². The van der Waals surface area contributed by atoms with Crippen LogP contribution in [-0.4, -0.2) is 41.9 Å². The number of nitrogens with two attached hydrogens (primary N) is 1. The molecule has 0 radical (unpaired) electrons. The Hall–Kier alpha value is -2.01. The number of nitrogen functional groups attached to an aromatic ring is 1. The summed E-state index contributed by atoms with van der Waals surface area (Å²) in [4.78, 5) is 17.5. The lowest BCUT2D eigenvalue weighted by atomic mass is 10.4. The Morgan fingerprint density at radius 2 is 2.21 bits per heavy atom. The third-order valence-corrected chi connectivity index (χ3v) is 3.11. The Labute approximate surface area is 109 Å². The summed E-state index contributed by atoms with van der Waals surface area (Å²) in [6.07, 6.45) is 2.45. The maximum Gasteiger partial charge on any atom is 0.329 e. The van der Waals surface area contributed by atoms with E-state index >= 15 is 0 Å².